The van der Waals surface area contributed by atoms with Crippen LogP contribution in [0.3, 0.4) is 0 Å². The SMILES string of the molecule is O=C(c1ccc(Br)cc1)C(F)C(=O)C(F)F. The summed E-state index contributed by atoms with van der Waals surface area (Å²) in [6.45, 7) is 0. The molecule has 0 heterocycles. The zero-order chi connectivity index (χ0) is 12.3. The molecule has 0 bridgehead atoms. The Morgan fingerprint density at radius 1 is 1.06 bits per heavy atom. The summed E-state index contributed by atoms with van der Waals surface area (Å²) >= 11 is 3.09. The third-order valence-corrected chi connectivity index (χ3v) is 2.35. The van der Waals surface area contributed by atoms with E-state index in [-0.39, 0.29) is 5.56 Å². The van der Waals surface area contributed by atoms with Crippen LogP contribution in [0.4, 0.5) is 13.2 Å². The molecule has 0 aromatic heterocycles. The lowest BCUT2D eigenvalue weighted by Gasteiger charge is -2.05. The van der Waals surface area contributed by atoms with E-state index < -0.39 is 24.2 Å². The molecule has 86 valence electrons. The second kappa shape index (κ2) is 5.25. The maximum absolute atomic E-state index is 13.0. The molecule has 0 radical (unpaired) electrons. The third kappa shape index (κ3) is 2.91. The summed E-state index contributed by atoms with van der Waals surface area (Å²) in [4.78, 5) is 21.8. The summed E-state index contributed by atoms with van der Waals surface area (Å²) in [7, 11) is 0. The Balaban J connectivity index is 2.86. The van der Waals surface area contributed by atoms with Crippen molar-refractivity contribution in [2.45, 2.75) is 12.6 Å². The number of halogens is 4. The van der Waals surface area contributed by atoms with E-state index in [1.54, 1.807) is 0 Å². The van der Waals surface area contributed by atoms with Crippen LogP contribution in [0.15, 0.2) is 28.7 Å². The molecule has 0 aliphatic heterocycles. The molecule has 1 rings (SSSR count). The molecule has 0 saturated carbocycles. The molecule has 1 aromatic carbocycles. The average molecular weight is 295 g/mol. The van der Waals surface area contributed by atoms with E-state index in [9.17, 15) is 22.8 Å². The van der Waals surface area contributed by atoms with Gasteiger partial charge in [0.25, 0.3) is 6.43 Å². The van der Waals surface area contributed by atoms with E-state index in [1.807, 2.05) is 0 Å². The van der Waals surface area contributed by atoms with Gasteiger partial charge in [-0.3, -0.25) is 9.59 Å². The molecule has 2 nitrogen and oxygen atoms in total. The number of carbonyl (C=O) groups is 2. The largest absolute Gasteiger partial charge is 0.299 e. The van der Waals surface area contributed by atoms with Crippen molar-refractivity contribution >= 4 is 27.5 Å². The highest BCUT2D eigenvalue weighted by atomic mass is 79.9. The lowest BCUT2D eigenvalue weighted by Crippen LogP contribution is -2.30. The van der Waals surface area contributed by atoms with Crippen LogP contribution in [-0.4, -0.2) is 24.2 Å². The molecular formula is C10H6BrF3O2. The Labute approximate surface area is 97.6 Å². The summed E-state index contributed by atoms with van der Waals surface area (Å²) in [5, 5.41) is 0. The zero-order valence-corrected chi connectivity index (χ0v) is 9.38. The topological polar surface area (TPSA) is 34.1 Å². The van der Waals surface area contributed by atoms with Gasteiger partial charge in [-0.2, -0.15) is 0 Å². The highest BCUT2D eigenvalue weighted by Crippen LogP contribution is 2.14. The van der Waals surface area contributed by atoms with Crippen molar-refractivity contribution in [2.75, 3.05) is 0 Å². The van der Waals surface area contributed by atoms with Gasteiger partial charge in [-0.1, -0.05) is 28.1 Å². The summed E-state index contributed by atoms with van der Waals surface area (Å²) in [5.41, 5.74) is -0.121. The van der Waals surface area contributed by atoms with E-state index in [0.717, 1.165) is 0 Å². The first kappa shape index (κ1) is 12.9. The Morgan fingerprint density at radius 2 is 1.56 bits per heavy atom. The third-order valence-electron chi connectivity index (χ3n) is 1.82. The number of alkyl halides is 3. The van der Waals surface area contributed by atoms with Gasteiger partial charge in [0.2, 0.25) is 17.7 Å². The van der Waals surface area contributed by atoms with Gasteiger partial charge < -0.3 is 0 Å². The number of rotatable bonds is 4. The van der Waals surface area contributed by atoms with Gasteiger partial charge in [-0.05, 0) is 12.1 Å². The molecule has 0 fully saturated rings. The number of hydrogen-bond acceptors (Lipinski definition) is 2. The van der Waals surface area contributed by atoms with Crippen LogP contribution >= 0.6 is 15.9 Å². The van der Waals surface area contributed by atoms with E-state index in [1.165, 1.54) is 24.3 Å². The van der Waals surface area contributed by atoms with E-state index >= 15 is 0 Å². The number of benzene rings is 1. The molecule has 0 N–H and O–H groups in total. The lowest BCUT2D eigenvalue weighted by atomic mass is 10.0. The Bertz CT molecular complexity index is 403. The maximum Gasteiger partial charge on any atom is 0.299 e. The predicted molar refractivity (Wildman–Crippen MR) is 54.4 cm³/mol. The first-order valence-electron chi connectivity index (χ1n) is 4.19. The van der Waals surface area contributed by atoms with Crippen LogP contribution in [0.5, 0.6) is 0 Å². The number of hydrogen-bond donors (Lipinski definition) is 0. The maximum atomic E-state index is 13.0. The van der Waals surface area contributed by atoms with E-state index in [0.29, 0.717) is 4.47 Å². The zero-order valence-electron chi connectivity index (χ0n) is 7.79. The van der Waals surface area contributed by atoms with Crippen molar-refractivity contribution in [3.8, 4) is 0 Å². The molecule has 0 amide bonds. The molecule has 0 aliphatic rings. The average Bonchev–Trinajstić information content (AvgIpc) is 2.27. The monoisotopic (exact) mass is 294 g/mol. The van der Waals surface area contributed by atoms with Crippen molar-refractivity contribution in [1.29, 1.82) is 0 Å². The molecule has 1 atom stereocenters. The van der Waals surface area contributed by atoms with E-state index in [4.69, 9.17) is 0 Å². The molecule has 1 aromatic rings. The summed E-state index contributed by atoms with van der Waals surface area (Å²) < 4.78 is 37.4. The minimum absolute atomic E-state index is 0.121. The summed E-state index contributed by atoms with van der Waals surface area (Å²) in [5.74, 6) is -3.26. The minimum Gasteiger partial charge on any atom is -0.290 e. The van der Waals surface area contributed by atoms with Crippen molar-refractivity contribution in [3.63, 3.8) is 0 Å². The van der Waals surface area contributed by atoms with Crippen molar-refractivity contribution in [2.24, 2.45) is 0 Å². The molecule has 6 heteroatoms. The quantitative estimate of drug-likeness (QED) is 0.632. The Kier molecular flexibility index (Phi) is 4.23. The second-order valence-electron chi connectivity index (χ2n) is 2.94. The van der Waals surface area contributed by atoms with Crippen molar-refractivity contribution in [1.82, 2.24) is 0 Å². The van der Waals surface area contributed by atoms with Crippen LogP contribution in [0, 0.1) is 0 Å². The minimum atomic E-state index is -3.48. The van der Waals surface area contributed by atoms with Crippen LogP contribution in [0.1, 0.15) is 10.4 Å². The first-order chi connectivity index (χ1) is 7.43. The normalized spacial score (nSPS) is 12.6. The highest BCUT2D eigenvalue weighted by molar-refractivity contribution is 9.10. The van der Waals surface area contributed by atoms with Crippen LogP contribution in [0.25, 0.3) is 0 Å². The number of carbonyl (C=O) groups excluding carboxylic acids is 2. The van der Waals surface area contributed by atoms with Gasteiger partial charge in [0.15, 0.2) is 0 Å². The van der Waals surface area contributed by atoms with Crippen LogP contribution in [-0.2, 0) is 4.79 Å². The lowest BCUT2D eigenvalue weighted by molar-refractivity contribution is -0.132. The van der Waals surface area contributed by atoms with Gasteiger partial charge in [0, 0.05) is 10.0 Å². The van der Waals surface area contributed by atoms with Gasteiger partial charge in [0.05, 0.1) is 0 Å². The summed E-state index contributed by atoms with van der Waals surface area (Å²) in [6, 6.07) is 5.40. The van der Waals surface area contributed by atoms with Gasteiger partial charge >= 0.3 is 0 Å². The van der Waals surface area contributed by atoms with Crippen molar-refractivity contribution in [3.05, 3.63) is 34.3 Å². The predicted octanol–water partition coefficient (Wildman–Crippen LogP) is 2.80. The fraction of sp³-hybridized carbons (Fsp3) is 0.200. The second-order valence-corrected chi connectivity index (χ2v) is 3.85. The first-order valence-corrected chi connectivity index (χ1v) is 4.98. The fourth-order valence-corrected chi connectivity index (χ4v) is 1.26. The van der Waals surface area contributed by atoms with Crippen LogP contribution < -0.4 is 0 Å². The fourth-order valence-electron chi connectivity index (χ4n) is 1.00. The van der Waals surface area contributed by atoms with Crippen LogP contribution in [0.2, 0.25) is 0 Å². The molecule has 0 aliphatic carbocycles. The molecular weight excluding hydrogens is 289 g/mol. The molecule has 16 heavy (non-hydrogen) atoms. The highest BCUT2D eigenvalue weighted by Gasteiger charge is 2.33. The smallest absolute Gasteiger partial charge is 0.290 e. The van der Waals surface area contributed by atoms with E-state index in [2.05, 4.69) is 15.9 Å². The molecule has 0 saturated heterocycles. The van der Waals surface area contributed by atoms with Gasteiger partial charge in [-0.15, -0.1) is 0 Å². The number of ketones is 2. The molecule has 0 spiro atoms. The molecule has 1 unspecified atom stereocenters. The van der Waals surface area contributed by atoms with Gasteiger partial charge in [0.1, 0.15) is 0 Å². The van der Waals surface area contributed by atoms with Crippen molar-refractivity contribution < 1.29 is 22.8 Å². The standard InChI is InChI=1S/C10H6BrF3O2/c11-6-3-1-5(2-4-6)8(15)7(12)9(16)10(13)14/h1-4,7,10H. The Hall–Kier alpha value is -1.17. The van der Waals surface area contributed by atoms with Gasteiger partial charge in [-0.25, -0.2) is 13.2 Å². The summed E-state index contributed by atoms with van der Waals surface area (Å²) in [6.07, 6.45) is -6.28. The Morgan fingerprint density at radius 3 is 2.00 bits per heavy atom. The number of Topliss-reactive ketones (excluding diaryl/α,β-unsaturated/α-hetero) is 2.